The molecule has 0 aromatic heterocycles. The van der Waals surface area contributed by atoms with Crippen LogP contribution in [-0.4, -0.2) is 13.7 Å². The summed E-state index contributed by atoms with van der Waals surface area (Å²) in [5, 5.41) is 3.63. The zero-order valence-corrected chi connectivity index (χ0v) is 13.4. The summed E-state index contributed by atoms with van der Waals surface area (Å²) in [6, 6.07) is 19.2. The van der Waals surface area contributed by atoms with E-state index in [9.17, 15) is 0 Å². The SMILES string of the molecule is CCNC(c1cccc(OC)c1)C(C)(C)c1ccccc1. The normalized spacial score (nSPS) is 13.0. The number of likely N-dealkylation sites (N-methyl/N-ethyl adjacent to an activating group) is 1. The Hall–Kier alpha value is -1.80. The van der Waals surface area contributed by atoms with E-state index in [4.69, 9.17) is 4.74 Å². The van der Waals surface area contributed by atoms with Crippen LogP contribution in [0.3, 0.4) is 0 Å². The fourth-order valence-electron chi connectivity index (χ4n) is 2.85. The van der Waals surface area contributed by atoms with E-state index in [0.29, 0.717) is 0 Å². The molecule has 2 rings (SSSR count). The van der Waals surface area contributed by atoms with Crippen molar-refractivity contribution < 1.29 is 4.74 Å². The van der Waals surface area contributed by atoms with Gasteiger partial charge < -0.3 is 10.1 Å². The lowest BCUT2D eigenvalue weighted by molar-refractivity contribution is 0.351. The first kappa shape index (κ1) is 15.6. The molecule has 0 radical (unpaired) electrons. The lowest BCUT2D eigenvalue weighted by Crippen LogP contribution is -2.37. The summed E-state index contributed by atoms with van der Waals surface area (Å²) in [6.45, 7) is 7.65. The van der Waals surface area contributed by atoms with E-state index in [2.05, 4.69) is 74.6 Å². The van der Waals surface area contributed by atoms with Crippen LogP contribution in [0.15, 0.2) is 54.6 Å². The van der Waals surface area contributed by atoms with Crippen LogP contribution in [0.25, 0.3) is 0 Å². The minimum Gasteiger partial charge on any atom is -0.497 e. The van der Waals surface area contributed by atoms with E-state index in [1.54, 1.807) is 7.11 Å². The number of hydrogen-bond acceptors (Lipinski definition) is 2. The molecule has 0 amide bonds. The fraction of sp³-hybridized carbons (Fsp3) is 0.368. The summed E-state index contributed by atoms with van der Waals surface area (Å²) in [7, 11) is 1.71. The Kier molecular flexibility index (Phi) is 5.03. The summed E-state index contributed by atoms with van der Waals surface area (Å²) in [6.07, 6.45) is 0. The number of hydrogen-bond donors (Lipinski definition) is 1. The van der Waals surface area contributed by atoms with Gasteiger partial charge in [-0.15, -0.1) is 0 Å². The lowest BCUT2D eigenvalue weighted by atomic mass is 9.75. The molecule has 2 heteroatoms. The van der Waals surface area contributed by atoms with Crippen molar-refractivity contribution in [1.29, 1.82) is 0 Å². The zero-order valence-electron chi connectivity index (χ0n) is 13.4. The zero-order chi connectivity index (χ0) is 15.3. The van der Waals surface area contributed by atoms with Crippen molar-refractivity contribution >= 4 is 0 Å². The summed E-state index contributed by atoms with van der Waals surface area (Å²) in [5.41, 5.74) is 2.58. The maximum Gasteiger partial charge on any atom is 0.119 e. The molecule has 0 saturated carbocycles. The standard InChI is InChI=1S/C19H25NO/c1-5-20-18(15-10-9-13-17(14-15)21-4)19(2,3)16-11-7-6-8-12-16/h6-14,18,20H,5H2,1-4H3. The number of ether oxygens (including phenoxy) is 1. The van der Waals surface area contributed by atoms with Crippen LogP contribution in [-0.2, 0) is 5.41 Å². The molecule has 112 valence electrons. The van der Waals surface area contributed by atoms with E-state index in [0.717, 1.165) is 12.3 Å². The number of nitrogens with one attached hydrogen (secondary N) is 1. The molecular formula is C19H25NO. The Morgan fingerprint density at radius 1 is 1.05 bits per heavy atom. The molecule has 0 aliphatic heterocycles. The van der Waals surface area contributed by atoms with Crippen LogP contribution in [0.2, 0.25) is 0 Å². The molecule has 0 heterocycles. The maximum atomic E-state index is 5.37. The second-order valence-corrected chi connectivity index (χ2v) is 5.86. The average Bonchev–Trinajstić information content (AvgIpc) is 2.53. The van der Waals surface area contributed by atoms with Crippen molar-refractivity contribution in [3.63, 3.8) is 0 Å². The van der Waals surface area contributed by atoms with E-state index < -0.39 is 0 Å². The highest BCUT2D eigenvalue weighted by molar-refractivity contribution is 5.36. The molecular weight excluding hydrogens is 258 g/mol. The van der Waals surface area contributed by atoms with E-state index in [1.165, 1.54) is 11.1 Å². The molecule has 1 unspecified atom stereocenters. The predicted octanol–water partition coefficient (Wildman–Crippen LogP) is 4.32. The van der Waals surface area contributed by atoms with Crippen molar-refractivity contribution in [2.24, 2.45) is 0 Å². The third kappa shape index (κ3) is 3.45. The van der Waals surface area contributed by atoms with E-state index >= 15 is 0 Å². The molecule has 2 nitrogen and oxygen atoms in total. The molecule has 0 saturated heterocycles. The number of rotatable bonds is 6. The smallest absolute Gasteiger partial charge is 0.119 e. The minimum absolute atomic E-state index is 0.0103. The molecule has 0 bridgehead atoms. The van der Waals surface area contributed by atoms with Crippen LogP contribution in [0, 0.1) is 0 Å². The summed E-state index contributed by atoms with van der Waals surface area (Å²) in [5.74, 6) is 0.902. The van der Waals surface area contributed by atoms with Gasteiger partial charge in [-0.1, -0.05) is 63.2 Å². The Balaban J connectivity index is 2.42. The predicted molar refractivity (Wildman–Crippen MR) is 88.9 cm³/mol. The van der Waals surface area contributed by atoms with Crippen molar-refractivity contribution in [3.8, 4) is 5.75 Å². The van der Waals surface area contributed by atoms with Crippen molar-refractivity contribution in [2.75, 3.05) is 13.7 Å². The van der Waals surface area contributed by atoms with Gasteiger partial charge in [-0.2, -0.15) is 0 Å². The van der Waals surface area contributed by atoms with Crippen LogP contribution < -0.4 is 10.1 Å². The number of benzene rings is 2. The van der Waals surface area contributed by atoms with Crippen LogP contribution >= 0.6 is 0 Å². The average molecular weight is 283 g/mol. The first-order valence-corrected chi connectivity index (χ1v) is 7.52. The molecule has 0 aliphatic rings. The van der Waals surface area contributed by atoms with Crippen molar-refractivity contribution in [2.45, 2.75) is 32.2 Å². The van der Waals surface area contributed by atoms with Gasteiger partial charge in [0.05, 0.1) is 7.11 Å². The Bertz CT molecular complexity index is 563. The van der Waals surface area contributed by atoms with Gasteiger partial charge in [0.1, 0.15) is 5.75 Å². The molecule has 21 heavy (non-hydrogen) atoms. The second-order valence-electron chi connectivity index (χ2n) is 5.86. The van der Waals surface area contributed by atoms with Crippen molar-refractivity contribution in [1.82, 2.24) is 5.32 Å². The lowest BCUT2D eigenvalue weighted by Gasteiger charge is -2.36. The first-order chi connectivity index (χ1) is 10.1. The third-order valence-electron chi connectivity index (χ3n) is 4.07. The van der Waals surface area contributed by atoms with E-state index in [1.807, 2.05) is 6.07 Å². The summed E-state index contributed by atoms with van der Waals surface area (Å²) >= 11 is 0. The van der Waals surface area contributed by atoms with Gasteiger partial charge in [-0.25, -0.2) is 0 Å². The molecule has 0 fully saturated rings. The van der Waals surface area contributed by atoms with Gasteiger partial charge >= 0.3 is 0 Å². The summed E-state index contributed by atoms with van der Waals surface area (Å²) in [4.78, 5) is 0. The van der Waals surface area contributed by atoms with Crippen LogP contribution in [0.5, 0.6) is 5.75 Å². The minimum atomic E-state index is -0.0103. The largest absolute Gasteiger partial charge is 0.497 e. The van der Waals surface area contributed by atoms with Gasteiger partial charge in [-0.05, 0) is 29.8 Å². The molecule has 2 aromatic carbocycles. The van der Waals surface area contributed by atoms with Crippen LogP contribution in [0.4, 0.5) is 0 Å². The molecule has 1 atom stereocenters. The molecule has 0 aliphatic carbocycles. The van der Waals surface area contributed by atoms with Gasteiger partial charge in [0.25, 0.3) is 0 Å². The monoisotopic (exact) mass is 283 g/mol. The van der Waals surface area contributed by atoms with Crippen molar-refractivity contribution in [3.05, 3.63) is 65.7 Å². The first-order valence-electron chi connectivity index (χ1n) is 7.52. The van der Waals surface area contributed by atoms with Crippen LogP contribution in [0.1, 0.15) is 37.9 Å². The second kappa shape index (κ2) is 6.77. The summed E-state index contributed by atoms with van der Waals surface area (Å²) < 4.78 is 5.37. The highest BCUT2D eigenvalue weighted by Gasteiger charge is 2.32. The maximum absolute atomic E-state index is 5.37. The Morgan fingerprint density at radius 3 is 2.38 bits per heavy atom. The fourth-order valence-corrected chi connectivity index (χ4v) is 2.85. The highest BCUT2D eigenvalue weighted by atomic mass is 16.5. The number of methoxy groups -OCH3 is 1. The third-order valence-corrected chi connectivity index (χ3v) is 4.07. The Labute approximate surface area is 128 Å². The molecule has 2 aromatic rings. The molecule has 0 spiro atoms. The highest BCUT2D eigenvalue weighted by Crippen LogP contribution is 2.37. The van der Waals surface area contributed by atoms with E-state index in [-0.39, 0.29) is 11.5 Å². The quantitative estimate of drug-likeness (QED) is 0.852. The van der Waals surface area contributed by atoms with Gasteiger partial charge in [-0.3, -0.25) is 0 Å². The Morgan fingerprint density at radius 2 is 1.76 bits per heavy atom. The topological polar surface area (TPSA) is 21.3 Å². The van der Waals surface area contributed by atoms with Gasteiger partial charge in [0.2, 0.25) is 0 Å². The van der Waals surface area contributed by atoms with Gasteiger partial charge in [0, 0.05) is 11.5 Å². The molecule has 1 N–H and O–H groups in total. The van der Waals surface area contributed by atoms with Gasteiger partial charge in [0.15, 0.2) is 0 Å².